The van der Waals surface area contributed by atoms with Crippen LogP contribution in [0.2, 0.25) is 0 Å². The molecule has 2 atom stereocenters. The van der Waals surface area contributed by atoms with Crippen LogP contribution in [0, 0.1) is 0 Å². The smallest absolute Gasteiger partial charge is 0.151 e. The first-order valence-corrected chi connectivity index (χ1v) is 8.01. The van der Waals surface area contributed by atoms with Gasteiger partial charge in [0.25, 0.3) is 0 Å². The lowest BCUT2D eigenvalue weighted by Crippen LogP contribution is -2.43. The molecule has 3 rings (SSSR count). The number of morpholine rings is 1. The molecule has 0 radical (unpaired) electrons. The predicted molar refractivity (Wildman–Crippen MR) is 85.8 cm³/mol. The van der Waals surface area contributed by atoms with Crippen LogP contribution in [0.15, 0.2) is 59.5 Å². The fourth-order valence-corrected chi connectivity index (χ4v) is 2.85. The second-order valence-corrected chi connectivity index (χ2v) is 5.68. The molecule has 0 spiro atoms. The largest absolute Gasteiger partial charge is 0.482 e. The molecule has 1 unspecified atom stereocenters. The third-order valence-electron chi connectivity index (χ3n) is 3.61. The van der Waals surface area contributed by atoms with Crippen molar-refractivity contribution in [3.05, 3.63) is 60.2 Å². The molecule has 5 heteroatoms. The van der Waals surface area contributed by atoms with Gasteiger partial charge in [-0.25, -0.2) is 0 Å². The van der Waals surface area contributed by atoms with E-state index in [1.54, 1.807) is 18.2 Å². The van der Waals surface area contributed by atoms with Gasteiger partial charge in [-0.1, -0.05) is 42.5 Å². The van der Waals surface area contributed by atoms with Gasteiger partial charge in [0, 0.05) is 13.1 Å². The summed E-state index contributed by atoms with van der Waals surface area (Å²) in [4.78, 5) is 0.479. The first-order valence-electron chi connectivity index (χ1n) is 7.30. The predicted octanol–water partition coefficient (Wildman–Crippen LogP) is 3.77. The zero-order valence-corrected chi connectivity index (χ0v) is 12.9. The Bertz CT molecular complexity index is 590. The van der Waals surface area contributed by atoms with Gasteiger partial charge in [0.1, 0.15) is 11.9 Å². The molecule has 2 aromatic carbocycles. The van der Waals surface area contributed by atoms with E-state index in [9.17, 15) is 3.89 Å². The van der Waals surface area contributed by atoms with Gasteiger partial charge in [-0.15, -0.1) is 0 Å². The van der Waals surface area contributed by atoms with Gasteiger partial charge in [0.2, 0.25) is 0 Å². The van der Waals surface area contributed by atoms with Crippen molar-refractivity contribution in [3.63, 3.8) is 0 Å². The summed E-state index contributed by atoms with van der Waals surface area (Å²) >= 11 is 0.198. The molecule has 2 aromatic rings. The molecule has 22 heavy (non-hydrogen) atoms. The Labute approximate surface area is 134 Å². The number of nitrogens with one attached hydrogen (secondary N) is 1. The molecule has 116 valence electrons. The third-order valence-corrected chi connectivity index (χ3v) is 4.11. The molecule has 0 aromatic heterocycles. The maximum Gasteiger partial charge on any atom is 0.151 e. The number of ether oxygens (including phenoxy) is 2. The van der Waals surface area contributed by atoms with Crippen molar-refractivity contribution >= 4 is 12.1 Å². The summed E-state index contributed by atoms with van der Waals surface area (Å²) in [6, 6.07) is 17.1. The zero-order valence-electron chi connectivity index (χ0n) is 12.1. The van der Waals surface area contributed by atoms with E-state index in [0.29, 0.717) is 23.8 Å². The van der Waals surface area contributed by atoms with Gasteiger partial charge >= 0.3 is 0 Å². The number of para-hydroxylation sites is 1. The van der Waals surface area contributed by atoms with Crippen LogP contribution in [0.1, 0.15) is 11.7 Å². The lowest BCUT2D eigenvalue weighted by molar-refractivity contribution is -0.0440. The van der Waals surface area contributed by atoms with Crippen molar-refractivity contribution in [2.45, 2.75) is 17.1 Å². The van der Waals surface area contributed by atoms with E-state index in [4.69, 9.17) is 9.47 Å². The van der Waals surface area contributed by atoms with Crippen molar-refractivity contribution in [2.24, 2.45) is 0 Å². The van der Waals surface area contributed by atoms with E-state index in [2.05, 4.69) is 5.32 Å². The maximum absolute atomic E-state index is 13.1. The Kier molecular flexibility index (Phi) is 5.32. The summed E-state index contributed by atoms with van der Waals surface area (Å²) in [6.45, 7) is 2.20. The van der Waals surface area contributed by atoms with Gasteiger partial charge in [0.15, 0.2) is 6.10 Å². The van der Waals surface area contributed by atoms with Crippen LogP contribution in [0.5, 0.6) is 5.75 Å². The third kappa shape index (κ3) is 3.61. The Morgan fingerprint density at radius 1 is 1.14 bits per heavy atom. The number of benzene rings is 2. The van der Waals surface area contributed by atoms with Gasteiger partial charge < -0.3 is 14.8 Å². The number of hydrogen-bond acceptors (Lipinski definition) is 4. The van der Waals surface area contributed by atoms with E-state index in [1.807, 2.05) is 36.4 Å². The molecular weight excluding hydrogens is 301 g/mol. The molecule has 3 nitrogen and oxygen atoms in total. The SMILES string of the molecule is FSc1ccccc1OC(c1ccccc1)[C@@H]1CNCCO1. The molecule has 1 fully saturated rings. The monoisotopic (exact) mass is 319 g/mol. The fourth-order valence-electron chi connectivity index (χ4n) is 2.53. The number of hydrogen-bond donors (Lipinski definition) is 1. The Hall–Kier alpha value is -1.56. The fraction of sp³-hybridized carbons (Fsp3) is 0.294. The summed E-state index contributed by atoms with van der Waals surface area (Å²) in [5, 5.41) is 3.32. The van der Waals surface area contributed by atoms with Gasteiger partial charge in [0.05, 0.1) is 23.7 Å². The van der Waals surface area contributed by atoms with Gasteiger partial charge in [-0.2, -0.15) is 3.89 Å². The van der Waals surface area contributed by atoms with Crippen LogP contribution in [0.25, 0.3) is 0 Å². The van der Waals surface area contributed by atoms with E-state index in [1.165, 1.54) is 0 Å². The minimum atomic E-state index is -0.276. The van der Waals surface area contributed by atoms with Crippen LogP contribution in [0.4, 0.5) is 3.89 Å². The average Bonchev–Trinajstić information content (AvgIpc) is 2.61. The molecule has 0 amide bonds. The molecule has 1 saturated heterocycles. The van der Waals surface area contributed by atoms with Crippen LogP contribution in [-0.4, -0.2) is 25.8 Å². The van der Waals surface area contributed by atoms with Crippen molar-refractivity contribution < 1.29 is 13.4 Å². The Morgan fingerprint density at radius 3 is 2.64 bits per heavy atom. The van der Waals surface area contributed by atoms with Crippen LogP contribution >= 0.6 is 12.1 Å². The molecule has 1 heterocycles. The highest BCUT2D eigenvalue weighted by atomic mass is 32.2. The normalized spacial score (nSPS) is 19.6. The summed E-state index contributed by atoms with van der Waals surface area (Å²) in [7, 11) is 0. The zero-order chi connectivity index (χ0) is 15.2. The molecule has 1 aliphatic rings. The second-order valence-electron chi connectivity index (χ2n) is 5.09. The van der Waals surface area contributed by atoms with E-state index < -0.39 is 0 Å². The highest BCUT2D eigenvalue weighted by molar-refractivity contribution is 7.94. The van der Waals surface area contributed by atoms with Crippen molar-refractivity contribution in [1.82, 2.24) is 5.32 Å². The summed E-state index contributed by atoms with van der Waals surface area (Å²) in [5.41, 5.74) is 1.02. The molecule has 1 aliphatic heterocycles. The molecule has 0 bridgehead atoms. The molecule has 0 saturated carbocycles. The van der Waals surface area contributed by atoms with Crippen LogP contribution < -0.4 is 10.1 Å². The van der Waals surface area contributed by atoms with Gasteiger partial charge in [-0.05, 0) is 17.7 Å². The first kappa shape index (κ1) is 15.3. The number of halogens is 1. The van der Waals surface area contributed by atoms with E-state index in [-0.39, 0.29) is 24.4 Å². The summed E-state index contributed by atoms with van der Waals surface area (Å²) < 4.78 is 25.1. The standard InChI is InChI=1S/C17H18FNO2S/c18-22-16-9-5-4-8-14(16)21-17(13-6-2-1-3-7-13)15-12-19-10-11-20-15/h1-9,15,17,19H,10-12H2/t15-,17?/m0/s1. The van der Waals surface area contributed by atoms with Crippen LogP contribution in [0.3, 0.4) is 0 Å². The van der Waals surface area contributed by atoms with E-state index >= 15 is 0 Å². The highest BCUT2D eigenvalue weighted by Gasteiger charge is 2.28. The van der Waals surface area contributed by atoms with Crippen molar-refractivity contribution in [3.8, 4) is 5.75 Å². The molecule has 0 aliphatic carbocycles. The topological polar surface area (TPSA) is 30.5 Å². The highest BCUT2D eigenvalue weighted by Crippen LogP contribution is 2.34. The number of rotatable bonds is 5. The average molecular weight is 319 g/mol. The molecular formula is C17H18FNO2S. The minimum absolute atomic E-state index is 0.103. The minimum Gasteiger partial charge on any atom is -0.482 e. The lowest BCUT2D eigenvalue weighted by atomic mass is 10.0. The van der Waals surface area contributed by atoms with Crippen LogP contribution in [-0.2, 0) is 4.74 Å². The Morgan fingerprint density at radius 2 is 1.91 bits per heavy atom. The maximum atomic E-state index is 13.1. The van der Waals surface area contributed by atoms with Crippen molar-refractivity contribution in [2.75, 3.05) is 19.7 Å². The lowest BCUT2D eigenvalue weighted by Gasteiger charge is -2.32. The van der Waals surface area contributed by atoms with Crippen molar-refractivity contribution in [1.29, 1.82) is 0 Å². The first-order chi connectivity index (χ1) is 10.9. The van der Waals surface area contributed by atoms with E-state index in [0.717, 1.165) is 12.1 Å². The summed E-state index contributed by atoms with van der Waals surface area (Å²) in [6.07, 6.45) is -0.379. The summed E-state index contributed by atoms with van der Waals surface area (Å²) in [5.74, 6) is 0.540. The molecule has 1 N–H and O–H groups in total. The van der Waals surface area contributed by atoms with Gasteiger partial charge in [-0.3, -0.25) is 0 Å². The quantitative estimate of drug-likeness (QED) is 0.909. The Balaban J connectivity index is 1.88. The second kappa shape index (κ2) is 7.63.